The van der Waals surface area contributed by atoms with Crippen molar-refractivity contribution in [3.05, 3.63) is 23.8 Å². The second-order valence-corrected chi connectivity index (χ2v) is 6.90. The maximum atomic E-state index is 12.5. The van der Waals surface area contributed by atoms with E-state index >= 15 is 0 Å². The first kappa shape index (κ1) is 16.2. The first-order valence-electron chi connectivity index (χ1n) is 6.97. The minimum absolute atomic E-state index is 0.0629. The normalized spacial score (nSPS) is 23.0. The molecular formula is C14H22N2O4S. The molecule has 0 saturated carbocycles. The second kappa shape index (κ2) is 6.74. The SMILES string of the molecule is COc1cc(CN)ccc1S(=O)(=O)NC1CCOC(C)C1. The zero-order chi connectivity index (χ0) is 15.5. The van der Waals surface area contributed by atoms with Crippen molar-refractivity contribution in [1.82, 2.24) is 4.72 Å². The van der Waals surface area contributed by atoms with Gasteiger partial charge in [0.05, 0.1) is 13.2 Å². The number of sulfonamides is 1. The molecule has 118 valence electrons. The highest BCUT2D eigenvalue weighted by molar-refractivity contribution is 7.89. The van der Waals surface area contributed by atoms with Gasteiger partial charge in [0.2, 0.25) is 10.0 Å². The van der Waals surface area contributed by atoms with Crippen LogP contribution in [0.1, 0.15) is 25.3 Å². The van der Waals surface area contributed by atoms with E-state index in [1.807, 2.05) is 6.92 Å². The summed E-state index contributed by atoms with van der Waals surface area (Å²) in [4.78, 5) is 0.140. The van der Waals surface area contributed by atoms with Crippen LogP contribution in [0.2, 0.25) is 0 Å². The lowest BCUT2D eigenvalue weighted by atomic mass is 10.1. The number of ether oxygens (including phenoxy) is 2. The van der Waals surface area contributed by atoms with E-state index in [9.17, 15) is 8.42 Å². The quantitative estimate of drug-likeness (QED) is 0.846. The Morgan fingerprint density at radius 2 is 2.24 bits per heavy atom. The molecule has 21 heavy (non-hydrogen) atoms. The van der Waals surface area contributed by atoms with E-state index < -0.39 is 10.0 Å². The number of hydrogen-bond acceptors (Lipinski definition) is 5. The number of nitrogens with two attached hydrogens (primary N) is 1. The maximum absolute atomic E-state index is 12.5. The summed E-state index contributed by atoms with van der Waals surface area (Å²) in [6.07, 6.45) is 1.41. The van der Waals surface area contributed by atoms with Gasteiger partial charge in [0.1, 0.15) is 10.6 Å². The van der Waals surface area contributed by atoms with Crippen LogP contribution in [0.5, 0.6) is 5.75 Å². The van der Waals surface area contributed by atoms with Crippen molar-refractivity contribution >= 4 is 10.0 Å². The van der Waals surface area contributed by atoms with Crippen molar-refractivity contribution in [2.45, 2.75) is 43.4 Å². The number of rotatable bonds is 5. The molecule has 1 aliphatic heterocycles. The van der Waals surface area contributed by atoms with Crippen molar-refractivity contribution in [3.8, 4) is 5.75 Å². The minimum atomic E-state index is -3.62. The fourth-order valence-corrected chi connectivity index (χ4v) is 3.88. The third-order valence-corrected chi connectivity index (χ3v) is 5.12. The van der Waals surface area contributed by atoms with Crippen LogP contribution in [0.25, 0.3) is 0 Å². The van der Waals surface area contributed by atoms with Crippen LogP contribution >= 0.6 is 0 Å². The second-order valence-electron chi connectivity index (χ2n) is 5.21. The van der Waals surface area contributed by atoms with Crippen LogP contribution in [-0.4, -0.2) is 34.3 Å². The van der Waals surface area contributed by atoms with Gasteiger partial charge >= 0.3 is 0 Å². The van der Waals surface area contributed by atoms with Crippen LogP contribution in [-0.2, 0) is 21.3 Å². The van der Waals surface area contributed by atoms with Gasteiger partial charge in [0.25, 0.3) is 0 Å². The molecule has 0 aliphatic carbocycles. The molecule has 2 unspecified atom stereocenters. The predicted octanol–water partition coefficient (Wildman–Crippen LogP) is 1.000. The van der Waals surface area contributed by atoms with Crippen LogP contribution < -0.4 is 15.2 Å². The molecule has 1 heterocycles. The van der Waals surface area contributed by atoms with E-state index in [4.69, 9.17) is 15.2 Å². The van der Waals surface area contributed by atoms with Crippen molar-refractivity contribution in [1.29, 1.82) is 0 Å². The summed E-state index contributed by atoms with van der Waals surface area (Å²) in [6, 6.07) is 4.77. The van der Waals surface area contributed by atoms with Crippen molar-refractivity contribution in [2.24, 2.45) is 5.73 Å². The summed E-state index contributed by atoms with van der Waals surface area (Å²) in [5, 5.41) is 0. The molecule has 7 heteroatoms. The molecule has 1 aromatic carbocycles. The highest BCUT2D eigenvalue weighted by Crippen LogP contribution is 2.26. The number of hydrogen-bond donors (Lipinski definition) is 2. The Labute approximate surface area is 125 Å². The lowest BCUT2D eigenvalue weighted by molar-refractivity contribution is 0.0173. The molecule has 0 spiro atoms. The van der Waals surface area contributed by atoms with Gasteiger partial charge in [-0.15, -0.1) is 0 Å². The minimum Gasteiger partial charge on any atom is -0.495 e. The monoisotopic (exact) mass is 314 g/mol. The Balaban J connectivity index is 2.22. The topological polar surface area (TPSA) is 90.7 Å². The van der Waals surface area contributed by atoms with E-state index in [-0.39, 0.29) is 17.0 Å². The molecule has 6 nitrogen and oxygen atoms in total. The molecule has 1 aromatic rings. The van der Waals surface area contributed by atoms with E-state index in [2.05, 4.69) is 4.72 Å². The largest absolute Gasteiger partial charge is 0.495 e. The van der Waals surface area contributed by atoms with Gasteiger partial charge in [-0.1, -0.05) is 6.07 Å². The molecule has 0 amide bonds. The summed E-state index contributed by atoms with van der Waals surface area (Å²) in [7, 11) is -2.17. The van der Waals surface area contributed by atoms with Gasteiger partial charge in [0, 0.05) is 19.2 Å². The Kier molecular flexibility index (Phi) is 5.21. The van der Waals surface area contributed by atoms with Crippen LogP contribution in [0.3, 0.4) is 0 Å². The van der Waals surface area contributed by atoms with Gasteiger partial charge in [0.15, 0.2) is 0 Å². The standard InChI is InChI=1S/C14H22N2O4S/c1-10-7-12(5-6-20-10)16-21(17,18)14-4-3-11(9-15)8-13(14)19-2/h3-4,8,10,12,16H,5-7,9,15H2,1-2H3. The van der Waals surface area contributed by atoms with Gasteiger partial charge in [-0.25, -0.2) is 13.1 Å². The summed E-state index contributed by atoms with van der Waals surface area (Å²) in [5.41, 5.74) is 6.39. The number of methoxy groups -OCH3 is 1. The zero-order valence-electron chi connectivity index (χ0n) is 12.3. The van der Waals surface area contributed by atoms with E-state index in [0.717, 1.165) is 5.56 Å². The molecule has 0 bridgehead atoms. The molecule has 1 saturated heterocycles. The summed E-state index contributed by atoms with van der Waals surface area (Å²) in [5.74, 6) is 0.311. The van der Waals surface area contributed by atoms with Crippen molar-refractivity contribution in [2.75, 3.05) is 13.7 Å². The summed E-state index contributed by atoms with van der Waals surface area (Å²) >= 11 is 0. The molecule has 0 aromatic heterocycles. The fraction of sp³-hybridized carbons (Fsp3) is 0.571. The van der Waals surface area contributed by atoms with Crippen LogP contribution in [0.15, 0.2) is 23.1 Å². The Hall–Kier alpha value is -1.15. The Bertz CT molecular complexity index is 589. The first-order valence-corrected chi connectivity index (χ1v) is 8.45. The molecule has 0 radical (unpaired) electrons. The Morgan fingerprint density at radius 3 is 2.86 bits per heavy atom. The number of benzene rings is 1. The molecule has 1 fully saturated rings. The summed E-state index contributed by atoms with van der Waals surface area (Å²) < 4.78 is 38.4. The maximum Gasteiger partial charge on any atom is 0.244 e. The molecule has 1 aliphatic rings. The van der Waals surface area contributed by atoms with Crippen molar-refractivity contribution in [3.63, 3.8) is 0 Å². The highest BCUT2D eigenvalue weighted by Gasteiger charge is 2.27. The first-order chi connectivity index (χ1) is 9.96. The van der Waals surface area contributed by atoms with E-state index in [1.165, 1.54) is 13.2 Å². The lowest BCUT2D eigenvalue weighted by Gasteiger charge is -2.27. The zero-order valence-corrected chi connectivity index (χ0v) is 13.2. The van der Waals surface area contributed by atoms with Crippen molar-refractivity contribution < 1.29 is 17.9 Å². The molecule has 3 N–H and O–H groups in total. The Morgan fingerprint density at radius 1 is 1.48 bits per heavy atom. The third kappa shape index (κ3) is 3.94. The highest BCUT2D eigenvalue weighted by atomic mass is 32.2. The van der Waals surface area contributed by atoms with E-state index in [0.29, 0.717) is 31.7 Å². The van der Waals surface area contributed by atoms with Gasteiger partial charge in [-0.3, -0.25) is 0 Å². The van der Waals surface area contributed by atoms with Gasteiger partial charge < -0.3 is 15.2 Å². The third-order valence-electron chi connectivity index (χ3n) is 3.56. The molecular weight excluding hydrogens is 292 g/mol. The molecule has 2 atom stereocenters. The number of nitrogens with one attached hydrogen (secondary N) is 1. The average molecular weight is 314 g/mol. The van der Waals surface area contributed by atoms with Crippen LogP contribution in [0.4, 0.5) is 0 Å². The average Bonchev–Trinajstić information content (AvgIpc) is 2.46. The van der Waals surface area contributed by atoms with Gasteiger partial charge in [-0.05, 0) is 37.5 Å². The molecule has 2 rings (SSSR count). The van der Waals surface area contributed by atoms with Gasteiger partial charge in [-0.2, -0.15) is 0 Å². The van der Waals surface area contributed by atoms with Crippen LogP contribution in [0, 0.1) is 0 Å². The lowest BCUT2D eigenvalue weighted by Crippen LogP contribution is -2.41. The summed E-state index contributed by atoms with van der Waals surface area (Å²) in [6.45, 7) is 2.84. The van der Waals surface area contributed by atoms with E-state index in [1.54, 1.807) is 12.1 Å². The smallest absolute Gasteiger partial charge is 0.244 e. The fourth-order valence-electron chi connectivity index (χ4n) is 2.45. The predicted molar refractivity (Wildman–Crippen MR) is 79.6 cm³/mol.